The van der Waals surface area contributed by atoms with E-state index in [0.717, 1.165) is 5.56 Å². The topological polar surface area (TPSA) is 0 Å². The summed E-state index contributed by atoms with van der Waals surface area (Å²) < 4.78 is 13.0. The van der Waals surface area contributed by atoms with Crippen LogP contribution < -0.4 is 0 Å². The van der Waals surface area contributed by atoms with Crippen molar-refractivity contribution in [3.8, 4) is 0 Å². The fourth-order valence-electron chi connectivity index (χ4n) is 2.53. The lowest BCUT2D eigenvalue weighted by Crippen LogP contribution is -2.12. The van der Waals surface area contributed by atoms with E-state index in [1.165, 1.54) is 42.5 Å². The molecule has 96 valence electrons. The van der Waals surface area contributed by atoms with Gasteiger partial charge in [-0.15, -0.1) is 0 Å². The Kier molecular flexibility index (Phi) is 3.45. The first-order valence-corrected chi connectivity index (χ1v) is 6.85. The van der Waals surface area contributed by atoms with Crippen molar-refractivity contribution in [1.29, 1.82) is 0 Å². The van der Waals surface area contributed by atoms with Gasteiger partial charge in [-0.1, -0.05) is 55.0 Å². The second-order valence-corrected chi connectivity index (χ2v) is 5.15. The Bertz CT molecular complexity index is 562. The van der Waals surface area contributed by atoms with Crippen LogP contribution >= 0.6 is 0 Å². The van der Waals surface area contributed by atoms with Crippen LogP contribution in [0.1, 0.15) is 30.4 Å². The van der Waals surface area contributed by atoms with E-state index in [2.05, 4.69) is 30.3 Å². The zero-order valence-corrected chi connectivity index (χ0v) is 10.9. The van der Waals surface area contributed by atoms with Crippen molar-refractivity contribution >= 4 is 11.6 Å². The molecular weight excluding hydrogens is 235 g/mol. The Morgan fingerprint density at radius 3 is 2.21 bits per heavy atom. The van der Waals surface area contributed by atoms with Crippen LogP contribution in [0.2, 0.25) is 0 Å². The number of allylic oxidation sites excluding steroid dienone is 1. The minimum absolute atomic E-state index is 0.179. The highest BCUT2D eigenvalue weighted by Gasteiger charge is 2.22. The van der Waals surface area contributed by atoms with Gasteiger partial charge in [0.05, 0.1) is 0 Å². The zero-order chi connectivity index (χ0) is 13.1. The Balaban J connectivity index is 1.97. The number of halogens is 1. The lowest BCUT2D eigenvalue weighted by molar-refractivity contribution is 0.401. The number of hydrogen-bond donors (Lipinski definition) is 0. The van der Waals surface area contributed by atoms with Gasteiger partial charge in [-0.2, -0.15) is 0 Å². The van der Waals surface area contributed by atoms with E-state index in [9.17, 15) is 4.39 Å². The van der Waals surface area contributed by atoms with E-state index in [1.807, 2.05) is 18.2 Å². The average Bonchev–Trinajstić information content (AvgIpc) is 2.39. The Hall–Kier alpha value is -1.89. The Labute approximate surface area is 113 Å². The first-order chi connectivity index (χ1) is 9.33. The van der Waals surface area contributed by atoms with Crippen molar-refractivity contribution in [1.82, 2.24) is 0 Å². The summed E-state index contributed by atoms with van der Waals surface area (Å²) in [5.74, 6) is 0.481. The van der Waals surface area contributed by atoms with E-state index >= 15 is 0 Å². The van der Waals surface area contributed by atoms with Crippen LogP contribution in [-0.4, -0.2) is 0 Å². The van der Waals surface area contributed by atoms with E-state index in [-0.39, 0.29) is 5.82 Å². The van der Waals surface area contributed by atoms with Gasteiger partial charge in [0, 0.05) is 0 Å². The fourth-order valence-corrected chi connectivity index (χ4v) is 2.53. The van der Waals surface area contributed by atoms with Gasteiger partial charge >= 0.3 is 0 Å². The monoisotopic (exact) mass is 252 g/mol. The van der Waals surface area contributed by atoms with Crippen molar-refractivity contribution in [2.24, 2.45) is 5.92 Å². The summed E-state index contributed by atoms with van der Waals surface area (Å²) in [4.78, 5) is 0. The molecule has 0 saturated heterocycles. The van der Waals surface area contributed by atoms with E-state index in [4.69, 9.17) is 0 Å². The van der Waals surface area contributed by atoms with Gasteiger partial charge in [0.1, 0.15) is 5.82 Å². The maximum Gasteiger partial charge on any atom is 0.123 e. The molecule has 0 nitrogen and oxygen atoms in total. The summed E-state index contributed by atoms with van der Waals surface area (Å²) in [5, 5.41) is 0. The molecule has 0 spiro atoms. The first-order valence-electron chi connectivity index (χ1n) is 6.85. The lowest BCUT2D eigenvalue weighted by atomic mass is 9.76. The molecule has 2 aromatic rings. The maximum absolute atomic E-state index is 13.0. The molecule has 0 unspecified atom stereocenters. The molecule has 0 radical (unpaired) electrons. The second kappa shape index (κ2) is 5.40. The van der Waals surface area contributed by atoms with Gasteiger partial charge in [0.25, 0.3) is 0 Å². The van der Waals surface area contributed by atoms with Crippen molar-refractivity contribution in [3.05, 3.63) is 71.5 Å². The van der Waals surface area contributed by atoms with Gasteiger partial charge in [-0.25, -0.2) is 4.39 Å². The molecule has 1 saturated carbocycles. The minimum atomic E-state index is -0.179. The summed E-state index contributed by atoms with van der Waals surface area (Å²) in [7, 11) is 0. The predicted molar refractivity (Wildman–Crippen MR) is 78.1 cm³/mol. The molecule has 0 N–H and O–H groups in total. The van der Waals surface area contributed by atoms with E-state index in [1.54, 1.807) is 0 Å². The predicted octanol–water partition coefficient (Wildman–Crippen LogP) is 5.17. The van der Waals surface area contributed by atoms with Crippen LogP contribution in [0.4, 0.5) is 4.39 Å². The molecule has 19 heavy (non-hydrogen) atoms. The molecular formula is C18H17F. The first kappa shape index (κ1) is 12.2. The number of benzene rings is 2. The highest BCUT2D eigenvalue weighted by atomic mass is 19.1. The number of hydrogen-bond acceptors (Lipinski definition) is 0. The minimum Gasteiger partial charge on any atom is -0.207 e. The van der Waals surface area contributed by atoms with Crippen LogP contribution in [-0.2, 0) is 0 Å². The lowest BCUT2D eigenvalue weighted by Gasteiger charge is -2.28. The van der Waals surface area contributed by atoms with Crippen molar-refractivity contribution in [3.63, 3.8) is 0 Å². The maximum atomic E-state index is 13.0. The smallest absolute Gasteiger partial charge is 0.123 e. The largest absolute Gasteiger partial charge is 0.207 e. The summed E-state index contributed by atoms with van der Waals surface area (Å²) in [6.45, 7) is 0. The van der Waals surface area contributed by atoms with Crippen LogP contribution in [0.25, 0.3) is 11.6 Å². The molecule has 0 atom stereocenters. The molecule has 0 aromatic heterocycles. The summed E-state index contributed by atoms with van der Waals surface area (Å²) >= 11 is 0. The summed E-state index contributed by atoms with van der Waals surface area (Å²) in [6, 6.07) is 17.2. The molecule has 1 aliphatic carbocycles. The van der Waals surface area contributed by atoms with E-state index in [0.29, 0.717) is 5.92 Å². The molecule has 0 amide bonds. The standard InChI is InChI=1S/C18H17F/c19-17-11-9-14(10-12-17)13-18(16-7-4-8-16)15-5-2-1-3-6-15/h1-3,5-6,9-13,16H,4,7-8H2/b18-13+. The molecule has 0 bridgehead atoms. The van der Waals surface area contributed by atoms with Gasteiger partial charge in [-0.05, 0) is 47.6 Å². The zero-order valence-electron chi connectivity index (χ0n) is 10.9. The van der Waals surface area contributed by atoms with Crippen LogP contribution in [0, 0.1) is 11.7 Å². The van der Waals surface area contributed by atoms with Gasteiger partial charge < -0.3 is 0 Å². The Morgan fingerprint density at radius 2 is 1.63 bits per heavy atom. The molecule has 3 rings (SSSR count). The van der Waals surface area contributed by atoms with Crippen molar-refractivity contribution in [2.45, 2.75) is 19.3 Å². The molecule has 0 heterocycles. The van der Waals surface area contributed by atoms with Crippen molar-refractivity contribution in [2.75, 3.05) is 0 Å². The molecule has 1 fully saturated rings. The van der Waals surface area contributed by atoms with E-state index < -0.39 is 0 Å². The van der Waals surface area contributed by atoms with Crippen LogP contribution in [0.15, 0.2) is 54.6 Å². The Morgan fingerprint density at radius 1 is 0.947 bits per heavy atom. The quantitative estimate of drug-likeness (QED) is 0.661. The van der Waals surface area contributed by atoms with Crippen LogP contribution in [0.5, 0.6) is 0 Å². The number of rotatable bonds is 3. The van der Waals surface area contributed by atoms with Crippen molar-refractivity contribution < 1.29 is 4.39 Å². The van der Waals surface area contributed by atoms with Crippen LogP contribution in [0.3, 0.4) is 0 Å². The van der Waals surface area contributed by atoms with Gasteiger partial charge in [-0.3, -0.25) is 0 Å². The summed E-state index contributed by atoms with van der Waals surface area (Å²) in [5.41, 5.74) is 3.75. The third kappa shape index (κ3) is 2.76. The fraction of sp³-hybridized carbons (Fsp3) is 0.222. The second-order valence-electron chi connectivity index (χ2n) is 5.15. The normalized spacial score (nSPS) is 16.2. The molecule has 0 aliphatic heterocycles. The SMILES string of the molecule is Fc1ccc(/C=C(\c2ccccc2)C2CCC2)cc1. The molecule has 2 aromatic carbocycles. The molecule has 1 heteroatoms. The average molecular weight is 252 g/mol. The highest BCUT2D eigenvalue weighted by Crippen LogP contribution is 2.39. The van der Waals surface area contributed by atoms with Gasteiger partial charge in [0.2, 0.25) is 0 Å². The summed E-state index contributed by atoms with van der Waals surface area (Å²) in [6.07, 6.45) is 6.06. The third-order valence-corrected chi connectivity index (χ3v) is 3.84. The molecule has 1 aliphatic rings. The van der Waals surface area contributed by atoms with Gasteiger partial charge in [0.15, 0.2) is 0 Å². The highest BCUT2D eigenvalue weighted by molar-refractivity contribution is 5.83. The third-order valence-electron chi connectivity index (χ3n) is 3.84.